The molecule has 0 bridgehead atoms. The lowest BCUT2D eigenvalue weighted by atomic mass is 9.95. The molecule has 42 heavy (non-hydrogen) atoms. The largest absolute Gasteiger partial charge is 0.494 e. The number of halogens is 1. The van der Waals surface area contributed by atoms with Gasteiger partial charge in [-0.25, -0.2) is 14.4 Å². The summed E-state index contributed by atoms with van der Waals surface area (Å²) in [7, 11) is 1.43. The number of ether oxygens (including phenoxy) is 1. The van der Waals surface area contributed by atoms with E-state index in [9.17, 15) is 9.18 Å². The molecule has 1 saturated heterocycles. The van der Waals surface area contributed by atoms with Gasteiger partial charge in [-0.1, -0.05) is 11.2 Å². The summed E-state index contributed by atoms with van der Waals surface area (Å²) in [5.74, 6) is 1.14. The van der Waals surface area contributed by atoms with Crippen molar-refractivity contribution in [1.82, 2.24) is 19.7 Å². The lowest BCUT2D eigenvalue weighted by molar-refractivity contribution is -0.120. The molecule has 5 aromatic rings. The van der Waals surface area contributed by atoms with Crippen molar-refractivity contribution in [3.8, 4) is 16.9 Å². The molecular weight excluding hydrogens is 555 g/mol. The number of methoxy groups -OCH3 is 1. The summed E-state index contributed by atoms with van der Waals surface area (Å²) in [6.45, 7) is 3.84. The standard InChI is InChI=1S/C31H31FN6O3S/c1-16-29(17(2)41-36-16)18-7-11-24-23(13-18)34-30(38(24)20-8-10-22-27(15-20)42-31(33)35-22)25-5-4-6-28(39)37(25)19-9-12-26(40-3)21(32)14-19/h7,9,11-14,20,25H,4-6,8,10,15H2,1-3H3,(H2,33,35). The number of aryl methyl sites for hydroxylation is 3. The number of carbonyl (C=O) groups excluding carboxylic acids is 1. The van der Waals surface area contributed by atoms with Gasteiger partial charge >= 0.3 is 0 Å². The molecule has 2 aliphatic rings. The van der Waals surface area contributed by atoms with Crippen LogP contribution >= 0.6 is 11.3 Å². The molecule has 2 aromatic carbocycles. The van der Waals surface area contributed by atoms with E-state index in [-0.39, 0.29) is 23.7 Å². The number of hydrogen-bond donors (Lipinski definition) is 1. The average Bonchev–Trinajstić information content (AvgIpc) is 3.65. The molecule has 2 atom stereocenters. The van der Waals surface area contributed by atoms with Gasteiger partial charge in [0.1, 0.15) is 11.6 Å². The molecule has 3 aromatic heterocycles. The number of rotatable bonds is 5. The highest BCUT2D eigenvalue weighted by molar-refractivity contribution is 7.15. The van der Waals surface area contributed by atoms with Gasteiger partial charge in [0.25, 0.3) is 0 Å². The number of carbonyl (C=O) groups is 1. The minimum Gasteiger partial charge on any atom is -0.494 e. The molecule has 11 heteroatoms. The van der Waals surface area contributed by atoms with Crippen molar-refractivity contribution in [2.24, 2.45) is 0 Å². The topological polar surface area (TPSA) is 112 Å². The van der Waals surface area contributed by atoms with Gasteiger partial charge in [0.05, 0.1) is 35.6 Å². The highest BCUT2D eigenvalue weighted by Gasteiger charge is 2.37. The maximum Gasteiger partial charge on any atom is 0.227 e. The number of nitrogens with two attached hydrogens (primary N) is 1. The molecular formula is C31H31FN6O3S. The number of piperidine rings is 1. The predicted molar refractivity (Wildman–Crippen MR) is 159 cm³/mol. The van der Waals surface area contributed by atoms with E-state index in [2.05, 4.69) is 32.9 Å². The molecule has 0 saturated carbocycles. The fraction of sp³-hybridized carbons (Fsp3) is 0.355. The second-order valence-corrected chi connectivity index (χ2v) is 12.2. The first-order valence-corrected chi connectivity index (χ1v) is 15.0. The van der Waals surface area contributed by atoms with Crippen LogP contribution in [0.2, 0.25) is 0 Å². The van der Waals surface area contributed by atoms with Gasteiger partial charge in [0.2, 0.25) is 5.91 Å². The van der Waals surface area contributed by atoms with Crippen LogP contribution in [0.25, 0.3) is 22.2 Å². The zero-order valence-electron chi connectivity index (χ0n) is 23.7. The van der Waals surface area contributed by atoms with Gasteiger partial charge in [-0.3, -0.25) is 4.79 Å². The molecule has 4 heterocycles. The van der Waals surface area contributed by atoms with Gasteiger partial charge < -0.3 is 24.5 Å². The zero-order valence-corrected chi connectivity index (χ0v) is 24.5. The van der Waals surface area contributed by atoms with E-state index in [1.165, 1.54) is 18.1 Å². The van der Waals surface area contributed by atoms with Crippen LogP contribution in [0.15, 0.2) is 40.9 Å². The number of nitrogen functional groups attached to an aromatic ring is 1. The molecule has 0 radical (unpaired) electrons. The van der Waals surface area contributed by atoms with Crippen LogP contribution in [0.1, 0.15) is 65.6 Å². The number of aromatic nitrogens is 4. The predicted octanol–water partition coefficient (Wildman–Crippen LogP) is 6.48. The van der Waals surface area contributed by atoms with E-state index in [4.69, 9.17) is 20.0 Å². The van der Waals surface area contributed by atoms with E-state index in [1.54, 1.807) is 28.4 Å². The van der Waals surface area contributed by atoms with E-state index in [0.29, 0.717) is 23.7 Å². The van der Waals surface area contributed by atoms with Crippen molar-refractivity contribution in [1.29, 1.82) is 0 Å². The summed E-state index contributed by atoms with van der Waals surface area (Å²) in [6, 6.07) is 10.7. The fourth-order valence-electron chi connectivity index (χ4n) is 6.63. The second-order valence-electron chi connectivity index (χ2n) is 11.1. The monoisotopic (exact) mass is 586 g/mol. The Morgan fingerprint density at radius 1 is 1.12 bits per heavy atom. The lowest BCUT2D eigenvalue weighted by Crippen LogP contribution is -2.40. The van der Waals surface area contributed by atoms with Gasteiger partial charge in [-0.2, -0.15) is 0 Å². The Kier molecular flexibility index (Phi) is 6.49. The summed E-state index contributed by atoms with van der Waals surface area (Å²) in [5.41, 5.74) is 12.2. The number of imidazole rings is 1. The smallest absolute Gasteiger partial charge is 0.227 e. The summed E-state index contributed by atoms with van der Waals surface area (Å²) in [5, 5.41) is 4.73. The van der Waals surface area contributed by atoms with Gasteiger partial charge in [-0.15, -0.1) is 11.3 Å². The van der Waals surface area contributed by atoms with Crippen molar-refractivity contribution in [3.63, 3.8) is 0 Å². The van der Waals surface area contributed by atoms with Crippen LogP contribution in [0.5, 0.6) is 5.75 Å². The summed E-state index contributed by atoms with van der Waals surface area (Å²) >= 11 is 1.54. The first-order valence-electron chi connectivity index (χ1n) is 14.2. The normalized spacial score (nSPS) is 19.0. The Bertz CT molecular complexity index is 1820. The number of thiazole rings is 1. The van der Waals surface area contributed by atoms with Crippen LogP contribution in [-0.2, 0) is 17.6 Å². The number of nitrogens with zero attached hydrogens (tertiary/aromatic N) is 5. The minimum absolute atomic E-state index is 0.0491. The van der Waals surface area contributed by atoms with Crippen molar-refractivity contribution < 1.29 is 18.4 Å². The van der Waals surface area contributed by atoms with Crippen molar-refractivity contribution in [2.75, 3.05) is 17.7 Å². The third-order valence-electron chi connectivity index (χ3n) is 8.49. The summed E-state index contributed by atoms with van der Waals surface area (Å²) < 4.78 is 27.8. The van der Waals surface area contributed by atoms with E-state index in [1.807, 2.05) is 13.8 Å². The van der Waals surface area contributed by atoms with Crippen LogP contribution in [-0.4, -0.2) is 32.7 Å². The van der Waals surface area contributed by atoms with Crippen LogP contribution < -0.4 is 15.4 Å². The highest BCUT2D eigenvalue weighted by atomic mass is 32.1. The summed E-state index contributed by atoms with van der Waals surface area (Å²) in [4.78, 5) is 26.2. The van der Waals surface area contributed by atoms with Crippen molar-refractivity contribution in [2.45, 2.75) is 64.5 Å². The van der Waals surface area contributed by atoms with E-state index >= 15 is 0 Å². The number of benzene rings is 2. The Hall–Kier alpha value is -4.25. The SMILES string of the molecule is COc1ccc(N2C(=O)CCCC2c2nc3cc(-c4c(C)noc4C)ccc3n2C2CCc3nc(N)sc3C2)cc1F. The highest BCUT2D eigenvalue weighted by Crippen LogP contribution is 2.42. The van der Waals surface area contributed by atoms with Gasteiger partial charge in [-0.05, 0) is 69.4 Å². The van der Waals surface area contributed by atoms with Crippen LogP contribution in [0.4, 0.5) is 15.2 Å². The molecule has 7 rings (SSSR count). The third kappa shape index (κ3) is 4.34. The molecule has 0 spiro atoms. The summed E-state index contributed by atoms with van der Waals surface area (Å²) in [6.07, 6.45) is 4.32. The van der Waals surface area contributed by atoms with Crippen molar-refractivity contribution in [3.05, 3.63) is 70.1 Å². The zero-order chi connectivity index (χ0) is 29.1. The quantitative estimate of drug-likeness (QED) is 0.251. The molecule has 2 unspecified atom stereocenters. The van der Waals surface area contributed by atoms with E-state index < -0.39 is 5.82 Å². The van der Waals surface area contributed by atoms with Gasteiger partial charge in [0, 0.05) is 41.1 Å². The Balaban J connectivity index is 1.39. The maximum absolute atomic E-state index is 14.9. The lowest BCUT2D eigenvalue weighted by Gasteiger charge is -2.37. The number of amides is 1. The molecule has 1 amide bonds. The third-order valence-corrected chi connectivity index (χ3v) is 9.44. The van der Waals surface area contributed by atoms with E-state index in [0.717, 1.165) is 70.8 Å². The molecule has 2 N–H and O–H groups in total. The van der Waals surface area contributed by atoms with Crippen LogP contribution in [0.3, 0.4) is 0 Å². The molecule has 9 nitrogen and oxygen atoms in total. The van der Waals surface area contributed by atoms with Crippen LogP contribution in [0, 0.1) is 19.7 Å². The first kappa shape index (κ1) is 26.6. The average molecular weight is 587 g/mol. The fourth-order valence-corrected chi connectivity index (χ4v) is 7.58. The van der Waals surface area contributed by atoms with Crippen molar-refractivity contribution >= 4 is 39.1 Å². The Morgan fingerprint density at radius 3 is 2.74 bits per heavy atom. The number of hydrogen-bond acceptors (Lipinski definition) is 8. The minimum atomic E-state index is -0.507. The molecule has 216 valence electrons. The molecule has 1 aliphatic heterocycles. The maximum atomic E-state index is 14.9. The van der Waals surface area contributed by atoms with Gasteiger partial charge in [0.15, 0.2) is 16.7 Å². The molecule has 1 fully saturated rings. The Labute approximate surface area is 246 Å². The number of fused-ring (bicyclic) bond motifs is 2. The first-order chi connectivity index (χ1) is 20.3. The molecule has 1 aliphatic carbocycles. The Morgan fingerprint density at radius 2 is 1.98 bits per heavy atom. The second kappa shape index (κ2) is 10.2. The number of anilines is 2.